The third-order valence-electron chi connectivity index (χ3n) is 0.894. The van der Waals surface area contributed by atoms with Gasteiger partial charge in [-0.25, -0.2) is 4.79 Å². The fourth-order valence-electron chi connectivity index (χ4n) is 0.276. The third kappa shape index (κ3) is 3.78. The zero-order valence-corrected chi connectivity index (χ0v) is 5.55. The fraction of sp³-hybridized carbons (Fsp3) is 0.600. The van der Waals surface area contributed by atoms with E-state index in [1.54, 1.807) is 6.92 Å². The molecule has 0 aliphatic heterocycles. The predicted octanol–water partition coefficient (Wildman–Crippen LogP) is -0.0192. The van der Waals surface area contributed by atoms with Crippen LogP contribution in [-0.4, -0.2) is 11.8 Å². The summed E-state index contributed by atoms with van der Waals surface area (Å²) in [5.41, 5.74) is 9.00. The van der Waals surface area contributed by atoms with Crippen LogP contribution in [0.1, 0.15) is 13.8 Å². The van der Waals surface area contributed by atoms with Gasteiger partial charge >= 0.3 is 6.09 Å². The lowest BCUT2D eigenvalue weighted by Crippen LogP contribution is -2.42. The molecule has 0 saturated carbocycles. The molecule has 0 aromatic carbocycles. The lowest BCUT2D eigenvalue weighted by Gasteiger charge is -2.20. The van der Waals surface area contributed by atoms with Gasteiger partial charge < -0.3 is 10.5 Å². The molecule has 4 N–H and O–H groups in total. The maximum absolute atomic E-state index is 10.1. The summed E-state index contributed by atoms with van der Waals surface area (Å²) in [4.78, 5) is 10.1. The lowest BCUT2D eigenvalue weighted by molar-refractivity contribution is 0.0607. The van der Waals surface area contributed by atoms with Crippen LogP contribution < -0.4 is 11.5 Å². The van der Waals surface area contributed by atoms with E-state index in [1.807, 2.05) is 0 Å². The van der Waals surface area contributed by atoms with Crippen molar-refractivity contribution >= 4 is 6.09 Å². The Kier molecular flexibility index (Phi) is 2.45. The van der Waals surface area contributed by atoms with E-state index in [2.05, 4.69) is 4.74 Å². The van der Waals surface area contributed by atoms with Gasteiger partial charge in [-0.15, -0.1) is 0 Å². The van der Waals surface area contributed by atoms with Crippen LogP contribution in [0, 0.1) is 6.42 Å². The van der Waals surface area contributed by atoms with Crippen LogP contribution in [0.5, 0.6) is 0 Å². The summed E-state index contributed by atoms with van der Waals surface area (Å²) in [5, 5.41) is 0. The van der Waals surface area contributed by atoms with Crippen LogP contribution in [0.25, 0.3) is 0 Å². The first kappa shape index (κ1) is 8.23. The molecule has 0 aliphatic carbocycles. The molecule has 53 valence electrons. The molecule has 0 aromatic heterocycles. The van der Waals surface area contributed by atoms with Crippen molar-refractivity contribution in [3.63, 3.8) is 0 Å². The van der Waals surface area contributed by atoms with Crippen molar-refractivity contribution in [2.24, 2.45) is 11.5 Å². The maximum Gasteiger partial charge on any atom is 0.406 e. The van der Waals surface area contributed by atoms with Gasteiger partial charge in [-0.05, 0) is 6.92 Å². The van der Waals surface area contributed by atoms with E-state index < -0.39 is 11.8 Å². The second kappa shape index (κ2) is 2.68. The van der Waals surface area contributed by atoms with Crippen molar-refractivity contribution < 1.29 is 9.53 Å². The van der Waals surface area contributed by atoms with Gasteiger partial charge in [-0.2, -0.15) is 0 Å². The van der Waals surface area contributed by atoms with Crippen molar-refractivity contribution in [3.05, 3.63) is 6.42 Å². The fourth-order valence-corrected chi connectivity index (χ4v) is 0.276. The number of carbonyl (C=O) groups is 1. The van der Waals surface area contributed by atoms with E-state index >= 15 is 0 Å². The molecule has 1 radical (unpaired) electrons. The first-order chi connectivity index (χ1) is 3.98. The highest BCUT2D eigenvalue weighted by Gasteiger charge is 2.18. The van der Waals surface area contributed by atoms with E-state index in [9.17, 15) is 4.79 Å². The Morgan fingerprint density at radius 1 is 1.78 bits per heavy atom. The monoisotopic (exact) mass is 131 g/mol. The lowest BCUT2D eigenvalue weighted by atomic mass is 10.2. The summed E-state index contributed by atoms with van der Waals surface area (Å²) in [6, 6.07) is 0. The molecular formula is C5H11N2O2. The number of rotatable bonds is 2. The number of nitrogens with two attached hydrogens (primary N) is 2. The Balaban J connectivity index is 3.71. The molecular weight excluding hydrogens is 120 g/mol. The first-order valence-corrected chi connectivity index (χ1v) is 2.56. The standard InChI is InChI=1S/C5H11N2O2/c1-3-5(2,7)9-4(6)8/h3H,7H2,1-2H3,(H2,6,8). The molecule has 0 heterocycles. The molecule has 0 rings (SSSR count). The highest BCUT2D eigenvalue weighted by molar-refractivity contribution is 5.65. The van der Waals surface area contributed by atoms with E-state index in [0.717, 1.165) is 0 Å². The molecule has 0 aliphatic rings. The van der Waals surface area contributed by atoms with Crippen LogP contribution in [0.2, 0.25) is 0 Å². The normalized spacial score (nSPS) is 16.3. The Morgan fingerprint density at radius 2 is 2.22 bits per heavy atom. The minimum Gasteiger partial charge on any atom is -0.428 e. The van der Waals surface area contributed by atoms with Crippen molar-refractivity contribution in [3.8, 4) is 0 Å². The van der Waals surface area contributed by atoms with Gasteiger partial charge in [0.25, 0.3) is 0 Å². The van der Waals surface area contributed by atoms with E-state index in [-0.39, 0.29) is 0 Å². The molecule has 0 bridgehead atoms. The number of primary amides is 1. The van der Waals surface area contributed by atoms with Crippen LogP contribution in [0.15, 0.2) is 0 Å². The van der Waals surface area contributed by atoms with Gasteiger partial charge in [0.2, 0.25) is 0 Å². The summed E-state index contributed by atoms with van der Waals surface area (Å²) < 4.78 is 4.45. The summed E-state index contributed by atoms with van der Waals surface area (Å²) in [5.74, 6) is 0. The molecule has 0 fully saturated rings. The van der Waals surface area contributed by atoms with Crippen LogP contribution in [0.3, 0.4) is 0 Å². The van der Waals surface area contributed by atoms with Crippen molar-refractivity contribution in [1.29, 1.82) is 0 Å². The molecule has 4 nitrogen and oxygen atoms in total. The zero-order valence-electron chi connectivity index (χ0n) is 5.55. The molecule has 1 amide bonds. The summed E-state index contributed by atoms with van der Waals surface area (Å²) in [6.45, 7) is 3.22. The third-order valence-corrected chi connectivity index (χ3v) is 0.894. The molecule has 0 spiro atoms. The molecule has 4 heteroatoms. The summed E-state index contributed by atoms with van der Waals surface area (Å²) >= 11 is 0. The Bertz CT molecular complexity index is 112. The quantitative estimate of drug-likeness (QED) is 0.517. The van der Waals surface area contributed by atoms with E-state index in [4.69, 9.17) is 11.5 Å². The van der Waals surface area contributed by atoms with Gasteiger partial charge in [-0.3, -0.25) is 5.73 Å². The van der Waals surface area contributed by atoms with Gasteiger partial charge in [0.05, 0.1) is 0 Å². The smallest absolute Gasteiger partial charge is 0.406 e. The average molecular weight is 131 g/mol. The minimum absolute atomic E-state index is 0.863. The Labute approximate surface area is 54.2 Å². The largest absolute Gasteiger partial charge is 0.428 e. The van der Waals surface area contributed by atoms with Gasteiger partial charge in [0.1, 0.15) is 0 Å². The van der Waals surface area contributed by atoms with Crippen LogP contribution in [0.4, 0.5) is 4.79 Å². The highest BCUT2D eigenvalue weighted by atomic mass is 16.6. The molecule has 0 saturated heterocycles. The number of ether oxygens (including phenoxy) is 1. The number of hydrogen-bond donors (Lipinski definition) is 2. The zero-order chi connectivity index (χ0) is 7.49. The SMILES string of the molecule is C[CH]C(C)(N)OC(N)=O. The van der Waals surface area contributed by atoms with Crippen LogP contribution in [-0.2, 0) is 4.74 Å². The maximum atomic E-state index is 10.1. The van der Waals surface area contributed by atoms with Gasteiger partial charge in [-0.1, -0.05) is 6.92 Å². The minimum atomic E-state index is -1.04. The van der Waals surface area contributed by atoms with Crippen LogP contribution >= 0.6 is 0 Å². The number of hydrogen-bond acceptors (Lipinski definition) is 3. The summed E-state index contributed by atoms with van der Waals surface area (Å²) in [6.07, 6.45) is 0.677. The summed E-state index contributed by atoms with van der Waals surface area (Å²) in [7, 11) is 0. The molecule has 1 unspecified atom stereocenters. The molecule has 0 aromatic rings. The topological polar surface area (TPSA) is 78.3 Å². The number of amides is 1. The van der Waals surface area contributed by atoms with Crippen molar-refractivity contribution in [1.82, 2.24) is 0 Å². The second-order valence-corrected chi connectivity index (χ2v) is 1.89. The Hall–Kier alpha value is -0.770. The average Bonchev–Trinajstić information content (AvgIpc) is 1.63. The molecule has 1 atom stereocenters. The Morgan fingerprint density at radius 3 is 2.33 bits per heavy atom. The van der Waals surface area contributed by atoms with Crippen molar-refractivity contribution in [2.75, 3.05) is 0 Å². The number of carbonyl (C=O) groups excluding carboxylic acids is 1. The second-order valence-electron chi connectivity index (χ2n) is 1.89. The predicted molar refractivity (Wildman–Crippen MR) is 33.2 cm³/mol. The van der Waals surface area contributed by atoms with E-state index in [1.165, 1.54) is 13.3 Å². The van der Waals surface area contributed by atoms with Crippen molar-refractivity contribution in [2.45, 2.75) is 19.6 Å². The highest BCUT2D eigenvalue weighted by Crippen LogP contribution is 2.03. The molecule has 9 heavy (non-hydrogen) atoms. The van der Waals surface area contributed by atoms with Gasteiger partial charge in [0, 0.05) is 6.42 Å². The van der Waals surface area contributed by atoms with E-state index in [0.29, 0.717) is 0 Å². The first-order valence-electron chi connectivity index (χ1n) is 2.56. The van der Waals surface area contributed by atoms with Gasteiger partial charge in [0.15, 0.2) is 5.72 Å².